The first-order valence-corrected chi connectivity index (χ1v) is 6.39. The Labute approximate surface area is 112 Å². The van der Waals surface area contributed by atoms with Crippen molar-refractivity contribution in [3.8, 4) is 0 Å². The molecule has 0 radical (unpaired) electrons. The summed E-state index contributed by atoms with van der Waals surface area (Å²) in [5.74, 6) is 0.780. The Hall–Kier alpha value is -1.63. The molecule has 0 fully saturated rings. The van der Waals surface area contributed by atoms with E-state index in [0.29, 0.717) is 25.7 Å². The van der Waals surface area contributed by atoms with Crippen molar-refractivity contribution in [3.63, 3.8) is 0 Å². The van der Waals surface area contributed by atoms with Gasteiger partial charge in [-0.25, -0.2) is 9.48 Å². The lowest BCUT2D eigenvalue weighted by molar-refractivity contribution is 0.132. The van der Waals surface area contributed by atoms with E-state index in [1.807, 2.05) is 0 Å². The van der Waals surface area contributed by atoms with E-state index < -0.39 is 11.2 Å². The maximum absolute atomic E-state index is 11.7. The van der Waals surface area contributed by atoms with Gasteiger partial charge in [0.05, 0.1) is 6.61 Å². The highest BCUT2D eigenvalue weighted by atomic mass is 16.5. The van der Waals surface area contributed by atoms with E-state index >= 15 is 0 Å². The van der Waals surface area contributed by atoms with E-state index in [1.54, 1.807) is 0 Å². The Morgan fingerprint density at radius 2 is 1.95 bits per heavy atom. The molecule has 0 saturated carbocycles. The van der Waals surface area contributed by atoms with Crippen LogP contribution < -0.4 is 16.6 Å². The molecule has 0 saturated heterocycles. The molecule has 0 aromatic carbocycles. The standard InChI is InChI=1S/C12H22N4O3/c1-9(2)5-7-19-8-6-13-10-11(17)15(3)12(18)16(4)14-10/h9H,5-8H2,1-4H3,(H,13,14). The highest BCUT2D eigenvalue weighted by Gasteiger charge is 2.07. The van der Waals surface area contributed by atoms with Crippen LogP contribution in [-0.4, -0.2) is 34.1 Å². The number of anilines is 1. The van der Waals surface area contributed by atoms with Gasteiger partial charge in [0.25, 0.3) is 5.56 Å². The fourth-order valence-corrected chi connectivity index (χ4v) is 1.47. The second-order valence-corrected chi connectivity index (χ2v) is 4.84. The van der Waals surface area contributed by atoms with Crippen LogP contribution in [-0.2, 0) is 18.8 Å². The lowest BCUT2D eigenvalue weighted by Crippen LogP contribution is -2.40. The quantitative estimate of drug-likeness (QED) is 0.703. The summed E-state index contributed by atoms with van der Waals surface area (Å²) in [4.78, 5) is 23.2. The number of aromatic nitrogens is 3. The van der Waals surface area contributed by atoms with Crippen LogP contribution in [0.15, 0.2) is 9.59 Å². The molecular weight excluding hydrogens is 248 g/mol. The van der Waals surface area contributed by atoms with Gasteiger partial charge in [-0.15, -0.1) is 5.10 Å². The van der Waals surface area contributed by atoms with Crippen LogP contribution in [0.1, 0.15) is 20.3 Å². The normalized spacial score (nSPS) is 11.0. The minimum atomic E-state index is -0.441. The molecule has 7 heteroatoms. The van der Waals surface area contributed by atoms with Crippen LogP contribution in [0.5, 0.6) is 0 Å². The predicted octanol–water partition coefficient (Wildman–Crippen LogP) is -0.0464. The fraction of sp³-hybridized carbons (Fsp3) is 0.750. The number of hydrogen-bond acceptors (Lipinski definition) is 5. The maximum atomic E-state index is 11.7. The van der Waals surface area contributed by atoms with Gasteiger partial charge >= 0.3 is 5.69 Å². The van der Waals surface area contributed by atoms with Crippen LogP contribution in [0.2, 0.25) is 0 Å². The van der Waals surface area contributed by atoms with Crippen LogP contribution in [0.25, 0.3) is 0 Å². The maximum Gasteiger partial charge on any atom is 0.346 e. The summed E-state index contributed by atoms with van der Waals surface area (Å²) < 4.78 is 7.57. The third kappa shape index (κ3) is 4.51. The number of rotatable bonds is 7. The molecule has 1 heterocycles. The van der Waals surface area contributed by atoms with Crippen LogP contribution in [0.3, 0.4) is 0 Å². The molecule has 1 N–H and O–H groups in total. The highest BCUT2D eigenvalue weighted by molar-refractivity contribution is 5.29. The molecule has 0 aliphatic rings. The lowest BCUT2D eigenvalue weighted by atomic mass is 10.1. The van der Waals surface area contributed by atoms with E-state index in [4.69, 9.17) is 4.74 Å². The predicted molar refractivity (Wildman–Crippen MR) is 73.5 cm³/mol. The monoisotopic (exact) mass is 270 g/mol. The molecule has 7 nitrogen and oxygen atoms in total. The Kier molecular flexibility index (Phi) is 5.75. The molecule has 0 bridgehead atoms. The molecule has 0 aliphatic carbocycles. The first kappa shape index (κ1) is 15.4. The number of hydrogen-bond donors (Lipinski definition) is 1. The molecule has 0 atom stereocenters. The first-order valence-electron chi connectivity index (χ1n) is 6.39. The number of nitrogens with one attached hydrogen (secondary N) is 1. The van der Waals surface area contributed by atoms with Crippen LogP contribution >= 0.6 is 0 Å². The zero-order valence-electron chi connectivity index (χ0n) is 12.0. The molecule has 0 unspecified atom stereocenters. The number of aryl methyl sites for hydroxylation is 1. The smallest absolute Gasteiger partial charge is 0.346 e. The summed E-state index contributed by atoms with van der Waals surface area (Å²) in [5, 5.41) is 6.76. The summed E-state index contributed by atoms with van der Waals surface area (Å²) in [5.41, 5.74) is -0.867. The van der Waals surface area contributed by atoms with Crippen molar-refractivity contribution < 1.29 is 4.74 Å². The Morgan fingerprint density at radius 1 is 1.26 bits per heavy atom. The van der Waals surface area contributed by atoms with Gasteiger partial charge in [0.2, 0.25) is 5.82 Å². The molecule has 0 spiro atoms. The Balaban J connectivity index is 2.47. The van der Waals surface area contributed by atoms with Crippen molar-refractivity contribution in [2.45, 2.75) is 20.3 Å². The van der Waals surface area contributed by atoms with Gasteiger partial charge in [-0.1, -0.05) is 13.8 Å². The largest absolute Gasteiger partial charge is 0.380 e. The topological polar surface area (TPSA) is 78.2 Å². The van der Waals surface area contributed by atoms with Crippen LogP contribution in [0.4, 0.5) is 5.82 Å². The van der Waals surface area contributed by atoms with Gasteiger partial charge in [-0.05, 0) is 12.3 Å². The van der Waals surface area contributed by atoms with E-state index in [0.717, 1.165) is 15.7 Å². The second-order valence-electron chi connectivity index (χ2n) is 4.84. The summed E-state index contributed by atoms with van der Waals surface area (Å²) >= 11 is 0. The van der Waals surface area contributed by atoms with Crippen molar-refractivity contribution in [1.29, 1.82) is 0 Å². The molecule has 0 amide bonds. The highest BCUT2D eigenvalue weighted by Crippen LogP contribution is 1.98. The van der Waals surface area contributed by atoms with Gasteiger partial charge < -0.3 is 10.1 Å². The van der Waals surface area contributed by atoms with E-state index in [-0.39, 0.29) is 5.82 Å². The second kappa shape index (κ2) is 7.08. The molecule has 0 aliphatic heterocycles. The average Bonchev–Trinajstić information content (AvgIpc) is 2.36. The minimum absolute atomic E-state index is 0.164. The number of nitrogens with zero attached hydrogens (tertiary/aromatic N) is 3. The molecule has 1 aromatic rings. The lowest BCUT2D eigenvalue weighted by Gasteiger charge is -2.09. The zero-order chi connectivity index (χ0) is 14.4. The van der Waals surface area contributed by atoms with Gasteiger partial charge in [0.15, 0.2) is 0 Å². The Bertz CT molecular complexity index is 519. The summed E-state index contributed by atoms with van der Waals surface area (Å²) in [6.45, 7) is 5.97. The van der Waals surface area contributed by atoms with E-state index in [1.165, 1.54) is 14.1 Å². The van der Waals surface area contributed by atoms with Gasteiger partial charge in [0, 0.05) is 27.2 Å². The van der Waals surface area contributed by atoms with Gasteiger partial charge in [-0.3, -0.25) is 9.36 Å². The third-order valence-electron chi connectivity index (χ3n) is 2.70. The third-order valence-corrected chi connectivity index (χ3v) is 2.70. The van der Waals surface area contributed by atoms with Crippen molar-refractivity contribution in [1.82, 2.24) is 14.3 Å². The minimum Gasteiger partial charge on any atom is -0.380 e. The molecule has 1 rings (SSSR count). The first-order chi connectivity index (χ1) is 8.93. The summed E-state index contributed by atoms with van der Waals surface area (Å²) in [6.07, 6.45) is 1.01. The molecule has 1 aromatic heterocycles. The van der Waals surface area contributed by atoms with Crippen molar-refractivity contribution >= 4 is 5.82 Å². The average molecular weight is 270 g/mol. The van der Waals surface area contributed by atoms with Gasteiger partial charge in [-0.2, -0.15) is 0 Å². The number of ether oxygens (including phenoxy) is 1. The fourth-order valence-electron chi connectivity index (χ4n) is 1.47. The molecular formula is C12H22N4O3. The Morgan fingerprint density at radius 3 is 2.58 bits per heavy atom. The van der Waals surface area contributed by atoms with Crippen molar-refractivity contribution in [2.24, 2.45) is 20.0 Å². The van der Waals surface area contributed by atoms with Crippen LogP contribution in [0, 0.1) is 5.92 Å². The van der Waals surface area contributed by atoms with E-state index in [2.05, 4.69) is 24.3 Å². The van der Waals surface area contributed by atoms with Gasteiger partial charge in [0.1, 0.15) is 0 Å². The SMILES string of the molecule is CC(C)CCOCCNc1nn(C)c(=O)n(C)c1=O. The zero-order valence-corrected chi connectivity index (χ0v) is 12.0. The molecule has 108 valence electrons. The molecule has 19 heavy (non-hydrogen) atoms. The van der Waals surface area contributed by atoms with Crippen molar-refractivity contribution in [3.05, 3.63) is 20.8 Å². The van der Waals surface area contributed by atoms with E-state index in [9.17, 15) is 9.59 Å². The summed E-state index contributed by atoms with van der Waals surface area (Å²) in [7, 11) is 2.93. The summed E-state index contributed by atoms with van der Waals surface area (Å²) in [6, 6.07) is 0. The van der Waals surface area contributed by atoms with Crippen molar-refractivity contribution in [2.75, 3.05) is 25.1 Å².